The lowest BCUT2D eigenvalue weighted by Gasteiger charge is -2.02. The Labute approximate surface area is 91.2 Å². The predicted molar refractivity (Wildman–Crippen MR) is 59.8 cm³/mol. The molecule has 1 nitrogen and oxygen atoms in total. The summed E-state index contributed by atoms with van der Waals surface area (Å²) in [6, 6.07) is 6.61. The van der Waals surface area contributed by atoms with Crippen LogP contribution in [0.5, 0.6) is 0 Å². The second-order valence-corrected chi connectivity index (χ2v) is 4.22. The molecule has 0 fully saturated rings. The van der Waals surface area contributed by atoms with Gasteiger partial charge >= 0.3 is 0 Å². The van der Waals surface area contributed by atoms with Crippen molar-refractivity contribution in [2.45, 2.75) is 6.92 Å². The molecule has 1 aromatic heterocycles. The molecule has 2 rings (SSSR count). The van der Waals surface area contributed by atoms with Crippen molar-refractivity contribution in [3.8, 4) is 10.4 Å². The Morgan fingerprint density at radius 3 is 2.87 bits per heavy atom. The second-order valence-electron chi connectivity index (χ2n) is 3.31. The number of halogens is 1. The first-order valence-corrected chi connectivity index (χ1v) is 5.39. The standard InChI is InChI=1S/C12H9FOS/c1-8-2-3-11(13)10(6-8)12-9(7-14)4-5-15-12/h2-7H,1H3. The van der Waals surface area contributed by atoms with Crippen molar-refractivity contribution in [3.05, 3.63) is 46.6 Å². The molecule has 76 valence electrons. The molecule has 0 aliphatic rings. The summed E-state index contributed by atoms with van der Waals surface area (Å²) in [5.41, 5.74) is 2.04. The van der Waals surface area contributed by atoms with Crippen molar-refractivity contribution in [1.29, 1.82) is 0 Å². The lowest BCUT2D eigenvalue weighted by molar-refractivity contribution is 0.112. The topological polar surface area (TPSA) is 17.1 Å². The first kappa shape index (κ1) is 10.1. The van der Waals surface area contributed by atoms with Crippen molar-refractivity contribution >= 4 is 17.6 Å². The number of hydrogen-bond acceptors (Lipinski definition) is 2. The summed E-state index contributed by atoms with van der Waals surface area (Å²) in [7, 11) is 0. The maximum absolute atomic E-state index is 13.5. The molecule has 2 aromatic rings. The Morgan fingerprint density at radius 2 is 2.13 bits per heavy atom. The Morgan fingerprint density at radius 1 is 1.33 bits per heavy atom. The highest BCUT2D eigenvalue weighted by Crippen LogP contribution is 2.31. The molecule has 0 bridgehead atoms. The fourth-order valence-electron chi connectivity index (χ4n) is 1.44. The van der Waals surface area contributed by atoms with Gasteiger partial charge in [0.05, 0.1) is 0 Å². The van der Waals surface area contributed by atoms with Gasteiger partial charge in [0.2, 0.25) is 0 Å². The van der Waals surface area contributed by atoms with E-state index in [-0.39, 0.29) is 5.82 Å². The van der Waals surface area contributed by atoms with Crippen LogP contribution in [0.2, 0.25) is 0 Å². The van der Waals surface area contributed by atoms with Crippen LogP contribution in [-0.4, -0.2) is 6.29 Å². The van der Waals surface area contributed by atoms with Crippen LogP contribution in [0.1, 0.15) is 15.9 Å². The quantitative estimate of drug-likeness (QED) is 0.706. The summed E-state index contributed by atoms with van der Waals surface area (Å²) in [5, 5.41) is 1.79. The maximum Gasteiger partial charge on any atom is 0.151 e. The summed E-state index contributed by atoms with van der Waals surface area (Å²) in [6.07, 6.45) is 0.758. The minimum Gasteiger partial charge on any atom is -0.298 e. The van der Waals surface area contributed by atoms with Crippen LogP contribution in [0.3, 0.4) is 0 Å². The van der Waals surface area contributed by atoms with Gasteiger partial charge in [0.1, 0.15) is 5.82 Å². The van der Waals surface area contributed by atoms with Crippen molar-refractivity contribution < 1.29 is 9.18 Å². The largest absolute Gasteiger partial charge is 0.298 e. The minimum absolute atomic E-state index is 0.286. The lowest BCUT2D eigenvalue weighted by Crippen LogP contribution is -1.86. The molecule has 0 atom stereocenters. The number of rotatable bonds is 2. The van der Waals surface area contributed by atoms with E-state index in [9.17, 15) is 9.18 Å². The van der Waals surface area contributed by atoms with E-state index < -0.39 is 0 Å². The zero-order chi connectivity index (χ0) is 10.8. The summed E-state index contributed by atoms with van der Waals surface area (Å²) in [5.74, 6) is -0.286. The number of carbonyl (C=O) groups excluding carboxylic acids is 1. The van der Waals surface area contributed by atoms with E-state index in [1.54, 1.807) is 23.6 Å². The van der Waals surface area contributed by atoms with Crippen molar-refractivity contribution in [1.82, 2.24) is 0 Å². The molecule has 0 aliphatic carbocycles. The lowest BCUT2D eigenvalue weighted by atomic mass is 10.1. The van der Waals surface area contributed by atoms with E-state index in [1.807, 2.05) is 6.92 Å². The van der Waals surface area contributed by atoms with Gasteiger partial charge in [-0.2, -0.15) is 0 Å². The molecule has 3 heteroatoms. The Balaban J connectivity index is 2.62. The summed E-state index contributed by atoms with van der Waals surface area (Å²) >= 11 is 1.38. The van der Waals surface area contributed by atoms with Gasteiger partial charge < -0.3 is 0 Å². The van der Waals surface area contributed by atoms with Gasteiger partial charge in [-0.1, -0.05) is 11.6 Å². The third kappa shape index (κ3) is 1.83. The second kappa shape index (κ2) is 3.95. The minimum atomic E-state index is -0.286. The molecule has 0 N–H and O–H groups in total. The zero-order valence-corrected chi connectivity index (χ0v) is 8.98. The number of hydrogen-bond donors (Lipinski definition) is 0. The molecule has 0 saturated carbocycles. The van der Waals surface area contributed by atoms with Crippen LogP contribution in [0.25, 0.3) is 10.4 Å². The van der Waals surface area contributed by atoms with Gasteiger partial charge in [0.15, 0.2) is 6.29 Å². The van der Waals surface area contributed by atoms with E-state index in [0.717, 1.165) is 11.8 Å². The maximum atomic E-state index is 13.5. The van der Waals surface area contributed by atoms with E-state index in [1.165, 1.54) is 17.4 Å². The van der Waals surface area contributed by atoms with Gasteiger partial charge in [0.25, 0.3) is 0 Å². The Bertz CT molecular complexity index is 502. The highest BCUT2D eigenvalue weighted by Gasteiger charge is 2.10. The van der Waals surface area contributed by atoms with Crippen molar-refractivity contribution in [3.63, 3.8) is 0 Å². The van der Waals surface area contributed by atoms with Gasteiger partial charge in [-0.25, -0.2) is 4.39 Å². The average Bonchev–Trinajstić information content (AvgIpc) is 2.69. The summed E-state index contributed by atoms with van der Waals surface area (Å²) in [6.45, 7) is 1.90. The number of benzene rings is 1. The van der Waals surface area contributed by atoms with E-state index in [4.69, 9.17) is 0 Å². The van der Waals surface area contributed by atoms with Crippen LogP contribution >= 0.6 is 11.3 Å². The molecular weight excluding hydrogens is 211 g/mol. The van der Waals surface area contributed by atoms with Crippen LogP contribution in [0.15, 0.2) is 29.6 Å². The van der Waals surface area contributed by atoms with Crippen molar-refractivity contribution in [2.24, 2.45) is 0 Å². The molecule has 1 heterocycles. The number of thiophene rings is 1. The molecule has 0 aliphatic heterocycles. The van der Waals surface area contributed by atoms with Crippen LogP contribution in [0, 0.1) is 12.7 Å². The predicted octanol–water partition coefficient (Wildman–Crippen LogP) is 3.68. The zero-order valence-electron chi connectivity index (χ0n) is 8.16. The number of aldehydes is 1. The molecule has 0 radical (unpaired) electrons. The van der Waals surface area contributed by atoms with E-state index in [0.29, 0.717) is 16.0 Å². The first-order chi connectivity index (χ1) is 7.22. The average molecular weight is 220 g/mol. The van der Waals surface area contributed by atoms with Crippen LogP contribution in [-0.2, 0) is 0 Å². The van der Waals surface area contributed by atoms with E-state index >= 15 is 0 Å². The molecule has 0 amide bonds. The van der Waals surface area contributed by atoms with Gasteiger partial charge in [-0.05, 0) is 30.5 Å². The third-order valence-electron chi connectivity index (χ3n) is 2.19. The van der Waals surface area contributed by atoms with Gasteiger partial charge in [0, 0.05) is 16.0 Å². The molecule has 0 spiro atoms. The molecule has 0 unspecified atom stereocenters. The normalized spacial score (nSPS) is 10.3. The number of aryl methyl sites for hydroxylation is 1. The molecule has 1 aromatic carbocycles. The van der Waals surface area contributed by atoms with Gasteiger partial charge in [-0.3, -0.25) is 4.79 Å². The van der Waals surface area contributed by atoms with Crippen molar-refractivity contribution in [2.75, 3.05) is 0 Å². The smallest absolute Gasteiger partial charge is 0.151 e. The highest BCUT2D eigenvalue weighted by atomic mass is 32.1. The first-order valence-electron chi connectivity index (χ1n) is 4.51. The molecular formula is C12H9FOS. The number of carbonyl (C=O) groups is 1. The monoisotopic (exact) mass is 220 g/mol. The SMILES string of the molecule is Cc1ccc(F)c(-c2sccc2C=O)c1. The fraction of sp³-hybridized carbons (Fsp3) is 0.0833. The Kier molecular flexibility index (Phi) is 2.64. The Hall–Kier alpha value is -1.48. The molecule has 0 saturated heterocycles. The molecule has 15 heavy (non-hydrogen) atoms. The third-order valence-corrected chi connectivity index (χ3v) is 3.15. The van der Waals surface area contributed by atoms with Gasteiger partial charge in [-0.15, -0.1) is 11.3 Å². The highest BCUT2D eigenvalue weighted by molar-refractivity contribution is 7.14. The van der Waals surface area contributed by atoms with Crippen LogP contribution in [0.4, 0.5) is 4.39 Å². The van der Waals surface area contributed by atoms with Crippen LogP contribution < -0.4 is 0 Å². The summed E-state index contributed by atoms with van der Waals surface area (Å²) < 4.78 is 13.5. The summed E-state index contributed by atoms with van der Waals surface area (Å²) in [4.78, 5) is 11.4. The van der Waals surface area contributed by atoms with E-state index in [2.05, 4.69) is 0 Å². The fourth-order valence-corrected chi connectivity index (χ4v) is 2.33.